The largest absolute Gasteiger partial charge is 0.460 e. The molecule has 3 rings (SSSR count). The number of ether oxygens (including phenoxy) is 3. The minimum Gasteiger partial charge on any atom is -0.460 e. The molecule has 1 aliphatic heterocycles. The number of esters is 1. The molecule has 1 saturated heterocycles. The van der Waals surface area contributed by atoms with E-state index in [0.717, 1.165) is 6.42 Å². The Morgan fingerprint density at radius 1 is 1.16 bits per heavy atom. The Labute approximate surface area is 191 Å². The number of cyclic esters (lactones) is 1. The highest BCUT2D eigenvalue weighted by molar-refractivity contribution is 6.69. The third kappa shape index (κ3) is 5.56. The second-order valence-corrected chi connectivity index (χ2v) is 16.2. The van der Waals surface area contributed by atoms with Crippen LogP contribution in [0.5, 0.6) is 0 Å². The number of fused-ring (bicyclic) bond motifs is 1. The van der Waals surface area contributed by atoms with E-state index >= 15 is 0 Å². The van der Waals surface area contributed by atoms with Crippen LogP contribution in [0.4, 0.5) is 0 Å². The maximum absolute atomic E-state index is 12.6. The molecule has 2 unspecified atom stereocenters. The first-order valence-electron chi connectivity index (χ1n) is 12.6. The molecule has 0 radical (unpaired) electrons. The van der Waals surface area contributed by atoms with Gasteiger partial charge in [0.1, 0.15) is 6.10 Å². The summed E-state index contributed by atoms with van der Waals surface area (Å²) in [6, 6.07) is 0. The van der Waals surface area contributed by atoms with Crippen LogP contribution in [0.25, 0.3) is 0 Å². The van der Waals surface area contributed by atoms with Crippen molar-refractivity contribution in [2.24, 2.45) is 23.2 Å². The molecule has 0 spiro atoms. The van der Waals surface area contributed by atoms with E-state index in [1.807, 2.05) is 20.8 Å². The first-order chi connectivity index (χ1) is 14.4. The van der Waals surface area contributed by atoms with Gasteiger partial charge in [-0.05, 0) is 95.7 Å². The summed E-state index contributed by atoms with van der Waals surface area (Å²) in [4.78, 5) is 12.6. The van der Waals surface area contributed by atoms with Crippen LogP contribution >= 0.6 is 0 Å². The quantitative estimate of drug-likeness (QED) is 0.246. The summed E-state index contributed by atoms with van der Waals surface area (Å²) in [5.74, 6) is 1.62. The Morgan fingerprint density at radius 3 is 2.52 bits per heavy atom. The van der Waals surface area contributed by atoms with Crippen LogP contribution in [-0.2, 0) is 23.4 Å². The van der Waals surface area contributed by atoms with Crippen LogP contribution in [0.2, 0.25) is 19.6 Å². The molecule has 0 aromatic rings. The van der Waals surface area contributed by atoms with Crippen molar-refractivity contribution in [3.63, 3.8) is 0 Å². The number of carbonyl (C=O) groups is 1. The van der Waals surface area contributed by atoms with Gasteiger partial charge in [0.15, 0.2) is 20.2 Å². The van der Waals surface area contributed by atoms with Crippen LogP contribution in [0.1, 0.15) is 79.6 Å². The van der Waals surface area contributed by atoms with Crippen molar-refractivity contribution in [2.45, 2.75) is 123 Å². The van der Waals surface area contributed by atoms with Crippen molar-refractivity contribution in [2.75, 3.05) is 6.61 Å². The normalized spacial score (nSPS) is 40.5. The first kappa shape index (κ1) is 25.2. The van der Waals surface area contributed by atoms with E-state index in [-0.39, 0.29) is 12.1 Å². The molecule has 2 aliphatic carbocycles. The Morgan fingerprint density at radius 2 is 1.87 bits per heavy atom. The second-order valence-electron chi connectivity index (χ2n) is 11.8. The van der Waals surface area contributed by atoms with Gasteiger partial charge >= 0.3 is 5.97 Å². The van der Waals surface area contributed by atoms with E-state index in [4.69, 9.17) is 18.6 Å². The molecule has 6 heteroatoms. The predicted molar refractivity (Wildman–Crippen MR) is 125 cm³/mol. The van der Waals surface area contributed by atoms with Crippen LogP contribution < -0.4 is 0 Å². The van der Waals surface area contributed by atoms with Crippen LogP contribution in [0.15, 0.2) is 0 Å². The molecule has 0 aromatic carbocycles. The standard InChI is InChI=1S/C25H46O5Si/c1-9-27-18(3)29-25(5)16-19(28-23(25)26)15-17(2)20-12-13-21-22(30-31(6,7)8)11-10-14-24(20,21)4/h17-22H,9-16H2,1-8H3/t17?,18-,19-,20?,21+,22-,24-,25+/m1/s1. The molecule has 8 atom stereocenters. The van der Waals surface area contributed by atoms with E-state index in [2.05, 4.69) is 33.5 Å². The number of hydrogen-bond donors (Lipinski definition) is 0. The lowest BCUT2D eigenvalue weighted by atomic mass is 9.61. The second kappa shape index (κ2) is 9.44. The topological polar surface area (TPSA) is 54.0 Å². The van der Waals surface area contributed by atoms with Crippen LogP contribution in [-0.4, -0.2) is 45.0 Å². The average molecular weight is 455 g/mol. The van der Waals surface area contributed by atoms with Crippen LogP contribution in [0.3, 0.4) is 0 Å². The van der Waals surface area contributed by atoms with Gasteiger partial charge in [0, 0.05) is 19.1 Å². The molecular weight excluding hydrogens is 408 g/mol. The molecule has 5 nitrogen and oxygen atoms in total. The summed E-state index contributed by atoms with van der Waals surface area (Å²) in [5.41, 5.74) is -0.559. The molecule has 31 heavy (non-hydrogen) atoms. The first-order valence-corrected chi connectivity index (χ1v) is 16.0. The number of carbonyl (C=O) groups excluding carboxylic acids is 1. The lowest BCUT2D eigenvalue weighted by Gasteiger charge is -2.48. The highest BCUT2D eigenvalue weighted by Gasteiger charge is 2.54. The van der Waals surface area contributed by atoms with Crippen molar-refractivity contribution in [3.8, 4) is 0 Å². The maximum atomic E-state index is 12.6. The van der Waals surface area contributed by atoms with E-state index in [1.165, 1.54) is 32.1 Å². The number of rotatable bonds is 9. The van der Waals surface area contributed by atoms with Crippen molar-refractivity contribution >= 4 is 14.3 Å². The highest BCUT2D eigenvalue weighted by atomic mass is 28.4. The zero-order chi connectivity index (χ0) is 23.0. The molecule has 0 aromatic heterocycles. The fraction of sp³-hybridized carbons (Fsp3) is 0.960. The molecule has 3 aliphatic rings. The van der Waals surface area contributed by atoms with Gasteiger partial charge in [0.05, 0.1) is 0 Å². The third-order valence-corrected chi connectivity index (χ3v) is 9.12. The smallest absolute Gasteiger partial charge is 0.338 e. The fourth-order valence-corrected chi connectivity index (χ4v) is 8.16. The Balaban J connectivity index is 1.62. The molecular formula is C25H46O5Si. The molecule has 1 heterocycles. The fourth-order valence-electron chi connectivity index (χ4n) is 6.97. The van der Waals surface area contributed by atoms with Crippen molar-refractivity contribution in [1.29, 1.82) is 0 Å². The van der Waals surface area contributed by atoms with Crippen molar-refractivity contribution < 1.29 is 23.4 Å². The predicted octanol–water partition coefficient (Wildman–Crippen LogP) is 5.92. The van der Waals surface area contributed by atoms with Gasteiger partial charge in [-0.3, -0.25) is 0 Å². The van der Waals surface area contributed by atoms with Gasteiger partial charge in [0.2, 0.25) is 0 Å². The van der Waals surface area contributed by atoms with Gasteiger partial charge in [0.25, 0.3) is 0 Å². The summed E-state index contributed by atoms with van der Waals surface area (Å²) in [6.07, 6.45) is 7.83. The zero-order valence-electron chi connectivity index (χ0n) is 21.2. The lowest BCUT2D eigenvalue weighted by Crippen LogP contribution is -2.46. The molecule has 0 amide bonds. The van der Waals surface area contributed by atoms with Crippen LogP contribution in [0, 0.1) is 23.2 Å². The van der Waals surface area contributed by atoms with Gasteiger partial charge in [-0.25, -0.2) is 4.79 Å². The Hall–Kier alpha value is -0.433. The van der Waals surface area contributed by atoms with E-state index < -0.39 is 20.2 Å². The van der Waals surface area contributed by atoms with Gasteiger partial charge < -0.3 is 18.6 Å². The van der Waals surface area contributed by atoms with E-state index in [1.54, 1.807) is 0 Å². The average Bonchev–Trinajstić information content (AvgIpc) is 3.10. The summed E-state index contributed by atoms with van der Waals surface area (Å²) in [7, 11) is -1.54. The molecule has 0 bridgehead atoms. The number of hydrogen-bond acceptors (Lipinski definition) is 5. The Bertz CT molecular complexity index is 634. The summed E-state index contributed by atoms with van der Waals surface area (Å²) in [6.45, 7) is 18.0. The van der Waals surface area contributed by atoms with Gasteiger partial charge in [-0.15, -0.1) is 0 Å². The van der Waals surface area contributed by atoms with E-state index in [9.17, 15) is 4.79 Å². The third-order valence-electron chi connectivity index (χ3n) is 8.11. The summed E-state index contributed by atoms with van der Waals surface area (Å²) >= 11 is 0. The van der Waals surface area contributed by atoms with Gasteiger partial charge in [-0.1, -0.05) is 20.3 Å². The maximum Gasteiger partial charge on any atom is 0.338 e. The minimum absolute atomic E-state index is 0.0680. The summed E-state index contributed by atoms with van der Waals surface area (Å²) in [5, 5.41) is 0. The van der Waals surface area contributed by atoms with Gasteiger partial charge in [-0.2, -0.15) is 0 Å². The minimum atomic E-state index is -1.54. The van der Waals surface area contributed by atoms with E-state index in [0.29, 0.717) is 42.3 Å². The zero-order valence-corrected chi connectivity index (χ0v) is 22.2. The monoisotopic (exact) mass is 454 g/mol. The summed E-state index contributed by atoms with van der Waals surface area (Å²) < 4.78 is 23.9. The molecule has 180 valence electrons. The molecule has 3 fully saturated rings. The lowest BCUT2D eigenvalue weighted by molar-refractivity contribution is -0.200. The van der Waals surface area contributed by atoms with Crippen molar-refractivity contribution in [1.82, 2.24) is 0 Å². The molecule has 2 saturated carbocycles. The molecule has 0 N–H and O–H groups in total. The highest BCUT2D eigenvalue weighted by Crippen LogP contribution is 2.59. The Kier molecular flexibility index (Phi) is 7.67. The van der Waals surface area contributed by atoms with Crippen molar-refractivity contribution in [3.05, 3.63) is 0 Å². The SMILES string of the molecule is CCO[C@@H](C)O[C@@]1(C)C[C@@H](CC(C)C2CC[C@H]3[C@H](O[Si](C)(C)C)CCC[C@]23C)OC1=O.